The van der Waals surface area contributed by atoms with E-state index in [1.807, 2.05) is 54.6 Å². The number of carbonyl (C=O) groups excluding carboxylic acids is 3. The third-order valence-electron chi connectivity index (χ3n) is 18.8. The zero-order valence-corrected chi connectivity index (χ0v) is 64.3. The van der Waals surface area contributed by atoms with Gasteiger partial charge in [-0.1, -0.05) is 35.3 Å². The number of aryl methyl sites for hydroxylation is 3. The molecule has 3 amide bonds. The fourth-order valence-corrected chi connectivity index (χ4v) is 18.4. The Bertz CT molecular complexity index is 4350. The van der Waals surface area contributed by atoms with Gasteiger partial charge >= 0.3 is 0 Å². The van der Waals surface area contributed by atoms with Gasteiger partial charge in [0.15, 0.2) is 67.4 Å². The van der Waals surface area contributed by atoms with Crippen LogP contribution >= 0.6 is 103 Å². The number of imidazole rings is 3. The maximum atomic E-state index is 12.1. The highest BCUT2D eigenvalue weighted by Crippen LogP contribution is 2.46. The van der Waals surface area contributed by atoms with Crippen LogP contribution in [0.2, 0.25) is 0 Å². The Balaban J connectivity index is 0.000000135. The number of anilines is 3. The molecule has 6 aliphatic rings. The molecule has 33 heteroatoms. The van der Waals surface area contributed by atoms with Gasteiger partial charge < -0.3 is 89.3 Å². The Hall–Kier alpha value is -6.75. The second-order valence-electron chi connectivity index (χ2n) is 25.3. The van der Waals surface area contributed by atoms with Crippen molar-refractivity contribution in [1.29, 1.82) is 0 Å². The van der Waals surface area contributed by atoms with E-state index in [0.717, 1.165) is 169 Å². The minimum absolute atomic E-state index is 0.181. The number of nitrogens with zero attached hydrogens (tertiary/aromatic N) is 12. The van der Waals surface area contributed by atoms with Crippen LogP contribution in [0.1, 0.15) is 71.6 Å². The van der Waals surface area contributed by atoms with Gasteiger partial charge in [-0.25, -0.2) is 29.9 Å². The van der Waals surface area contributed by atoms with E-state index in [1.165, 1.54) is 13.8 Å². The number of hydrogen-bond donors (Lipinski definition) is 6. The lowest BCUT2D eigenvalue weighted by molar-refractivity contribution is -0.141. The van der Waals surface area contributed by atoms with Crippen molar-refractivity contribution in [2.75, 3.05) is 83.5 Å². The summed E-state index contributed by atoms with van der Waals surface area (Å²) in [7, 11) is 0. The van der Waals surface area contributed by atoms with Gasteiger partial charge in [-0.15, -0.1) is 0 Å². The number of piperidine rings is 3. The molecule has 0 unspecified atom stereocenters. The maximum Gasteiger partial charge on any atom is 0.251 e. The van der Waals surface area contributed by atoms with E-state index in [0.29, 0.717) is 91.0 Å². The molecule has 0 spiro atoms. The zero-order chi connectivity index (χ0) is 70.6. The molecule has 3 aromatic carbocycles. The van der Waals surface area contributed by atoms with Gasteiger partial charge in [-0.3, -0.25) is 14.4 Å². The predicted octanol–water partition coefficient (Wildman–Crippen LogP) is 10.1. The van der Waals surface area contributed by atoms with E-state index in [2.05, 4.69) is 96.4 Å². The number of carbonyl (C=O) groups is 3. The molecule has 6 aromatic heterocycles. The Morgan fingerprint density at radius 1 is 0.475 bits per heavy atom. The third-order valence-corrected chi connectivity index (χ3v) is 25.8. The minimum Gasteiger partial charge on any atom is -0.454 e. The van der Waals surface area contributed by atoms with Crippen molar-refractivity contribution in [2.45, 2.75) is 134 Å². The number of aromatic nitrogens is 9. The van der Waals surface area contributed by atoms with Crippen molar-refractivity contribution in [1.82, 2.24) is 58.3 Å². The van der Waals surface area contributed by atoms with Crippen LogP contribution in [0.15, 0.2) is 103 Å². The standard InChI is InChI=1S/2C23H26IN5O4S.C22H24IN5O4S/c2*1-13(30)22(31)28-7-3-14(4-8-28)5-9-29-16-2-6-26-21(25)20(16)27-23(29)34-19-11-18-17(10-15(19)24)32-12-33-18;23-14-9-16-17(32-12-31-16)10-18(14)33-22-26-20-15(1-5-25-21(20)24)28(22)8-4-13-2-6-27(7-3-13)19(30)11-29/h2*2,6,10-11,13-14,30H,3-5,7-9,12H2,1H3,(H2,25,26);1,5,9-10,13,29H,2-4,6-8,11-12H2,(H2,24,25)/t2*13-;/m10./s1. The van der Waals surface area contributed by atoms with Gasteiger partial charge in [-0.05, 0) is 212 Å². The van der Waals surface area contributed by atoms with Crippen LogP contribution in [0.3, 0.4) is 0 Å². The summed E-state index contributed by atoms with van der Waals surface area (Å²) in [4.78, 5) is 71.5. The number of hydrogen-bond acceptors (Lipinski definition) is 24. The number of nitrogen functional groups attached to an aromatic ring is 3. The first-order valence-corrected chi connectivity index (χ1v) is 39.0. The number of likely N-dealkylation sites (tertiary alicyclic amines) is 3. The van der Waals surface area contributed by atoms with Gasteiger partial charge in [-0.2, -0.15) is 0 Å². The lowest BCUT2D eigenvalue weighted by Gasteiger charge is -2.32. The molecular weight excluding hydrogens is 1700 g/mol. The molecule has 6 aliphatic heterocycles. The molecule has 27 nitrogen and oxygen atoms in total. The SMILES string of the molecule is C[C@@H](O)C(=O)N1CCC(CCn2c(Sc3cc4c(cc3I)OCO4)nc3c(N)nccc32)CC1.C[C@H](O)C(=O)N1CCC(CCn2c(Sc3cc4c(cc3I)OCO4)nc3c(N)nccc32)CC1.Nc1nccc2c1nc(Sc1cc3c(cc1I)OCO3)n2CCC1CCN(C(=O)CO)CC1. The average molecular weight is 1770 g/mol. The van der Waals surface area contributed by atoms with E-state index in [9.17, 15) is 24.6 Å². The first-order chi connectivity index (χ1) is 48.8. The first-order valence-electron chi connectivity index (χ1n) is 33.3. The third kappa shape index (κ3) is 16.6. The van der Waals surface area contributed by atoms with Crippen LogP contribution in [0.4, 0.5) is 17.5 Å². The van der Waals surface area contributed by atoms with Crippen molar-refractivity contribution < 1.29 is 58.1 Å². The number of ether oxygens (including phenoxy) is 6. The summed E-state index contributed by atoms with van der Waals surface area (Å²) in [5.41, 5.74) is 23.5. The molecule has 9 N–H and O–H groups in total. The van der Waals surface area contributed by atoms with E-state index in [-0.39, 0.29) is 38.1 Å². The Kier molecular flexibility index (Phi) is 23.4. The number of aliphatic hydroxyl groups excluding tert-OH is 3. The summed E-state index contributed by atoms with van der Waals surface area (Å²) in [5, 5.41) is 30.8. The molecule has 534 valence electrons. The zero-order valence-electron chi connectivity index (χ0n) is 55.3. The van der Waals surface area contributed by atoms with Crippen LogP contribution in [0.5, 0.6) is 34.5 Å². The van der Waals surface area contributed by atoms with Crippen molar-refractivity contribution >= 4 is 171 Å². The highest BCUT2D eigenvalue weighted by Gasteiger charge is 2.31. The van der Waals surface area contributed by atoms with Crippen LogP contribution in [0.25, 0.3) is 33.1 Å². The molecule has 0 saturated carbocycles. The number of halogens is 3. The van der Waals surface area contributed by atoms with E-state index >= 15 is 0 Å². The average Bonchev–Trinajstić information content (AvgIpc) is 1.64. The van der Waals surface area contributed by atoms with Crippen LogP contribution in [-0.2, 0) is 34.0 Å². The molecule has 15 rings (SSSR count). The molecule has 101 heavy (non-hydrogen) atoms. The van der Waals surface area contributed by atoms with Gasteiger partial charge in [0, 0.05) is 103 Å². The number of amides is 3. The highest BCUT2D eigenvalue weighted by molar-refractivity contribution is 14.1. The number of aliphatic hydroxyl groups is 3. The molecule has 0 radical (unpaired) electrons. The molecule has 9 aromatic rings. The lowest BCUT2D eigenvalue weighted by atomic mass is 9.93. The van der Waals surface area contributed by atoms with Crippen molar-refractivity contribution in [3.8, 4) is 34.5 Å². The summed E-state index contributed by atoms with van der Waals surface area (Å²) in [5.74, 6) is 6.72. The maximum absolute atomic E-state index is 12.1. The van der Waals surface area contributed by atoms with Gasteiger partial charge in [0.2, 0.25) is 26.3 Å². The summed E-state index contributed by atoms with van der Waals surface area (Å²) in [6.45, 7) is 9.87. The number of nitrogens with two attached hydrogens (primary N) is 3. The first kappa shape index (κ1) is 72.6. The van der Waals surface area contributed by atoms with Crippen LogP contribution in [0, 0.1) is 28.5 Å². The number of benzene rings is 3. The summed E-state index contributed by atoms with van der Waals surface area (Å²) < 4.78 is 43.0. The Morgan fingerprint density at radius 2 is 0.752 bits per heavy atom. The number of pyridine rings is 3. The predicted molar refractivity (Wildman–Crippen MR) is 406 cm³/mol. The monoisotopic (exact) mass is 1770 g/mol. The van der Waals surface area contributed by atoms with E-state index in [1.54, 1.807) is 68.6 Å². The topological polar surface area (TPSA) is 347 Å². The van der Waals surface area contributed by atoms with Gasteiger partial charge in [0.1, 0.15) is 35.4 Å². The van der Waals surface area contributed by atoms with Crippen molar-refractivity contribution in [3.63, 3.8) is 0 Å². The second kappa shape index (κ2) is 32.5. The Morgan fingerprint density at radius 3 is 1.03 bits per heavy atom. The van der Waals surface area contributed by atoms with Crippen LogP contribution in [-0.4, -0.2) is 170 Å². The minimum atomic E-state index is -0.938. The largest absolute Gasteiger partial charge is 0.454 e. The molecule has 0 aliphatic carbocycles. The second-order valence-corrected chi connectivity index (χ2v) is 31.8. The normalized spacial score (nSPS) is 16.6. The Labute approximate surface area is 635 Å². The molecule has 12 heterocycles. The fraction of sp³-hybridized carbons (Fsp3) is 0.426. The highest BCUT2D eigenvalue weighted by atomic mass is 127. The fourth-order valence-electron chi connectivity index (χ4n) is 13.2. The van der Waals surface area contributed by atoms with E-state index in [4.69, 9.17) is 65.7 Å². The molecule has 3 fully saturated rings. The smallest absolute Gasteiger partial charge is 0.251 e. The van der Waals surface area contributed by atoms with Crippen molar-refractivity contribution in [3.05, 3.63) is 83.9 Å². The summed E-state index contributed by atoms with van der Waals surface area (Å²) in [6, 6.07) is 17.8. The molecule has 0 bridgehead atoms. The number of rotatable bonds is 18. The van der Waals surface area contributed by atoms with Gasteiger partial charge in [0.25, 0.3) is 11.8 Å². The van der Waals surface area contributed by atoms with E-state index < -0.39 is 18.8 Å². The quantitative estimate of drug-likeness (QED) is 0.0435. The molecule has 3 saturated heterocycles. The summed E-state index contributed by atoms with van der Waals surface area (Å²) in [6.07, 6.45) is 11.8. The van der Waals surface area contributed by atoms with Crippen LogP contribution < -0.4 is 45.6 Å². The molecule has 2 atom stereocenters. The summed E-state index contributed by atoms with van der Waals surface area (Å²) >= 11 is 11.7. The number of fused-ring (bicyclic) bond motifs is 6. The van der Waals surface area contributed by atoms with Crippen molar-refractivity contribution in [2.24, 2.45) is 17.8 Å². The van der Waals surface area contributed by atoms with Gasteiger partial charge in [0.05, 0.1) is 16.6 Å². The lowest BCUT2D eigenvalue weighted by Crippen LogP contribution is -2.43. The molecular formula is C68H76I3N15O12S3.